The van der Waals surface area contributed by atoms with Crippen molar-refractivity contribution in [3.8, 4) is 23.0 Å². The minimum atomic E-state index is -6.05. The number of carbonyl (C=O) groups excluding carboxylic acids is 3. The molecule has 4 aromatic rings. The van der Waals surface area contributed by atoms with Crippen LogP contribution in [0.25, 0.3) is 4.85 Å². The molecule has 15 unspecified atom stereocenters. The van der Waals surface area contributed by atoms with Gasteiger partial charge in [-0.15, -0.1) is 19.6 Å². The normalized spacial score (nSPS) is 21.8. The molecule has 0 aromatic heterocycles. The second kappa shape index (κ2) is 42.0. The first-order valence-corrected chi connectivity index (χ1v) is 39.1. The van der Waals surface area contributed by atoms with Crippen LogP contribution >= 0.6 is 0 Å². The number of alkyl halides is 6. The van der Waals surface area contributed by atoms with Gasteiger partial charge in [0, 0.05) is 84.1 Å². The van der Waals surface area contributed by atoms with Gasteiger partial charge in [-0.3, -0.25) is 9.64 Å². The number of β-amino-alcohol motifs (C(OH)–C–C–N with tert-alkyl or cyclic N) is 4. The van der Waals surface area contributed by atoms with Crippen molar-refractivity contribution in [2.45, 2.75) is 261 Å². The number of Topliss-reactive ketones (excluding diaryl/α,β-unsaturated/α-hetero) is 1. The van der Waals surface area contributed by atoms with Gasteiger partial charge in [0.05, 0.1) is 38.6 Å². The van der Waals surface area contributed by atoms with E-state index >= 15 is 0 Å². The second-order valence-electron chi connectivity index (χ2n) is 35.1. The van der Waals surface area contributed by atoms with E-state index in [0.29, 0.717) is 48.9 Å². The Balaban J connectivity index is 0.000000283. The van der Waals surface area contributed by atoms with Gasteiger partial charge in [-0.2, -0.15) is 26.3 Å². The highest BCUT2D eigenvalue weighted by atomic mass is 19.4. The summed E-state index contributed by atoms with van der Waals surface area (Å²) in [6, 6.07) is 20.4. The molecule has 0 bridgehead atoms. The van der Waals surface area contributed by atoms with Gasteiger partial charge in [-0.1, -0.05) is 58.9 Å². The first-order chi connectivity index (χ1) is 55.1. The lowest BCUT2D eigenvalue weighted by molar-refractivity contribution is -0.318. The lowest BCUT2D eigenvalue weighted by atomic mass is 9.70. The van der Waals surface area contributed by atoms with Crippen molar-refractivity contribution in [1.82, 2.24) is 21.3 Å². The van der Waals surface area contributed by atoms with Crippen molar-refractivity contribution in [1.29, 1.82) is 0 Å². The van der Waals surface area contributed by atoms with E-state index in [-0.39, 0.29) is 110 Å². The van der Waals surface area contributed by atoms with E-state index in [0.717, 1.165) is 34.9 Å². The van der Waals surface area contributed by atoms with E-state index in [1.807, 2.05) is 113 Å². The van der Waals surface area contributed by atoms with Crippen LogP contribution in [0.4, 0.5) is 26.3 Å². The average molecular weight is 1690 g/mol. The fraction of sp³-hybridized carbons (Fsp3) is 0.663. The van der Waals surface area contributed by atoms with Crippen molar-refractivity contribution >= 4 is 17.7 Å². The number of aliphatic hydroxyl groups is 8. The largest absolute Gasteiger partial charge is 0.491 e. The number of nitrogens with zero attached hydrogens (tertiary/aromatic N) is 5. The van der Waals surface area contributed by atoms with Crippen LogP contribution in [0.3, 0.4) is 0 Å². The van der Waals surface area contributed by atoms with Gasteiger partial charge in [-0.05, 0) is 216 Å². The third-order valence-corrected chi connectivity index (χ3v) is 21.4. The summed E-state index contributed by atoms with van der Waals surface area (Å²) >= 11 is 0. The summed E-state index contributed by atoms with van der Waals surface area (Å²) in [5, 5.41) is 106. The molecular formula is C83H119F6N9O21. The molecule has 8 rings (SSSR count). The highest BCUT2D eigenvalue weighted by Gasteiger charge is 2.78. The van der Waals surface area contributed by atoms with Gasteiger partial charge in [0.2, 0.25) is 5.54 Å². The number of fused-ring (bicyclic) bond motifs is 4. The predicted octanol–water partition coefficient (Wildman–Crippen LogP) is 8.56. The lowest BCUT2D eigenvalue weighted by Crippen LogP contribution is -2.64. The molecule has 0 heterocycles. The van der Waals surface area contributed by atoms with Crippen LogP contribution in [0.1, 0.15) is 148 Å². The van der Waals surface area contributed by atoms with E-state index in [9.17, 15) is 101 Å². The molecule has 0 saturated heterocycles. The van der Waals surface area contributed by atoms with E-state index in [1.165, 1.54) is 51.3 Å². The molecule has 36 heteroatoms. The van der Waals surface area contributed by atoms with E-state index in [4.69, 9.17) is 30.3 Å². The summed E-state index contributed by atoms with van der Waals surface area (Å²) < 4.78 is 113. The summed E-state index contributed by atoms with van der Waals surface area (Å²) in [4.78, 5) is 84.9. The monoisotopic (exact) mass is 1690 g/mol. The van der Waals surface area contributed by atoms with Crippen LogP contribution < -0.4 is 40.2 Å². The van der Waals surface area contributed by atoms with Crippen molar-refractivity contribution in [3.05, 3.63) is 148 Å². The van der Waals surface area contributed by atoms with Gasteiger partial charge in [0.15, 0.2) is 11.3 Å². The molecule has 12 N–H and O–H groups in total. The number of halogens is 6. The zero-order valence-electron chi connectivity index (χ0n) is 70.6. The number of rotatable bonds is 31. The second-order valence-corrected chi connectivity index (χ2v) is 35.1. The van der Waals surface area contributed by atoms with Gasteiger partial charge in [0.25, 0.3) is 5.54 Å². The van der Waals surface area contributed by atoms with E-state index in [1.54, 1.807) is 24.3 Å². The van der Waals surface area contributed by atoms with Crippen LogP contribution in [-0.4, -0.2) is 231 Å². The Morgan fingerprint density at radius 1 is 0.412 bits per heavy atom. The molecule has 0 amide bonds. The Hall–Kier alpha value is -8.32. The number of nitroso groups, excluding NO2 is 4. The van der Waals surface area contributed by atoms with Crippen LogP contribution in [0.5, 0.6) is 23.0 Å². The molecule has 4 aromatic carbocycles. The molecular weight excluding hydrogens is 1570 g/mol. The topological polar surface area (TPSA) is 439 Å². The maximum absolute atomic E-state index is 13.5. The highest BCUT2D eigenvalue weighted by Crippen LogP contribution is 2.55. The molecule has 0 fully saturated rings. The summed E-state index contributed by atoms with van der Waals surface area (Å²) in [6.45, 7) is 36.7. The van der Waals surface area contributed by atoms with Crippen molar-refractivity contribution in [2.75, 3.05) is 66.8 Å². The van der Waals surface area contributed by atoms with Crippen LogP contribution in [0.2, 0.25) is 0 Å². The Labute approximate surface area is 689 Å². The first-order valence-electron chi connectivity index (χ1n) is 39.1. The molecule has 119 heavy (non-hydrogen) atoms. The minimum Gasteiger partial charge on any atom is -0.491 e. The Kier molecular flexibility index (Phi) is 35.7. The SMILES string of the molecule is CC(=O)C(C)(N=O)C1Cc2cccc(OCC(O)CNC(C)(C)C)c2CC1O.CC(C)(C)NCC(O)COc1cccc2c1CC(O)C(C(N=O)(C(F)(F)F)C(F)(F)F)C2.COC(=O)C(C)(N=O)C1Cc2c(cccc2OCC(O)CNC(C)(C)C)CC1O.[C-]#[N+]C(N=O)(C(=O)OC)C1Cc2c(cccc2OCC(O)CNC(C)(C)C)CC1O. The fourth-order valence-electron chi connectivity index (χ4n) is 14.4. The molecule has 0 spiro atoms. The predicted molar refractivity (Wildman–Crippen MR) is 429 cm³/mol. The van der Waals surface area contributed by atoms with Gasteiger partial charge in [-0.25, -0.2) is 16.2 Å². The lowest BCUT2D eigenvalue weighted by Gasteiger charge is -2.42. The molecule has 4 aliphatic carbocycles. The standard InChI is InChI=1S/C21H29N3O6.C21H32N2O6.C21H32N2O5.C20H26F6N2O4/c1-20(2,3)23-11-14(25)12-30-18-8-6-7-13-9-17(26)16(10-15(13)18)21(22-4,24-28)19(27)29-5;1-20(2,3)22-11-14(24)12-29-18-8-6-7-13-9-17(25)16(10-15(13)18)21(4,23-27)19(26)28-5;1-13(24)21(5,23-27)17-9-14-7-6-8-19(16(14)10-18(17)26)28-12-15(25)11-22-20(2,3)4;1-17(2,3)27-9-12(29)10-32-16-6-4-5-11-7-14(15(30)8-13(11)16)18(28-31,19(21,22)23)20(24,25)26/h6-8,14,16-17,23,25-26H,9-12H2,1-3,5H3;6-8,14,16-17,22,24-25H,9-12H2,1-5H3;6-8,15,17-18,22,25-26H,9-12H2,1-5H3;4-6,12,14-15,27,29-30H,7-10H2,1-3H3. The molecule has 0 saturated carbocycles. The van der Waals surface area contributed by atoms with Crippen LogP contribution in [-0.2, 0) is 75.2 Å². The van der Waals surface area contributed by atoms with Crippen molar-refractivity contribution in [3.63, 3.8) is 0 Å². The van der Waals surface area contributed by atoms with Gasteiger partial charge >= 0.3 is 30.0 Å². The number of aliphatic hydroxyl groups excluding tert-OH is 8. The Bertz CT molecular complexity index is 4100. The van der Waals surface area contributed by atoms with Crippen molar-refractivity contribution < 1.29 is 110 Å². The number of carbonyl (C=O) groups is 3. The van der Waals surface area contributed by atoms with Crippen LogP contribution in [0.15, 0.2) is 93.5 Å². The molecule has 664 valence electrons. The zero-order chi connectivity index (χ0) is 90.0. The fourth-order valence-corrected chi connectivity index (χ4v) is 14.4. The van der Waals surface area contributed by atoms with Crippen molar-refractivity contribution in [2.24, 2.45) is 44.4 Å². The Morgan fingerprint density at radius 3 is 0.966 bits per heavy atom. The molecule has 30 nitrogen and oxygen atoms in total. The maximum atomic E-state index is 13.5. The number of ether oxygens (including phenoxy) is 6. The minimum absolute atomic E-state index is 0.0314. The molecule has 0 aliphatic heterocycles. The number of benzene rings is 4. The first kappa shape index (κ1) is 101. The third kappa shape index (κ3) is 26.6. The molecule has 0 radical (unpaired) electrons. The number of nitrogens with one attached hydrogen (secondary N) is 4. The average Bonchev–Trinajstić information content (AvgIpc) is 0.721. The zero-order valence-corrected chi connectivity index (χ0v) is 70.6. The van der Waals surface area contributed by atoms with E-state index in [2.05, 4.69) is 46.4 Å². The Morgan fingerprint density at radius 2 is 0.689 bits per heavy atom. The summed E-state index contributed by atoms with van der Waals surface area (Å²) in [6.07, 6.45) is -20.4. The summed E-state index contributed by atoms with van der Waals surface area (Å²) in [5.74, 6) is -5.41. The molecule has 4 aliphatic rings. The van der Waals surface area contributed by atoms with Crippen LogP contribution in [0, 0.1) is 49.9 Å². The number of hydrogen-bond donors (Lipinski definition) is 12. The highest BCUT2D eigenvalue weighted by molar-refractivity contribution is 5.86. The summed E-state index contributed by atoms with van der Waals surface area (Å²) in [7, 11) is 2.26. The maximum Gasteiger partial charge on any atom is 0.459 e. The van der Waals surface area contributed by atoms with Gasteiger partial charge in [0.1, 0.15) is 79.8 Å². The number of methoxy groups -OCH3 is 2. The number of ketones is 1. The number of esters is 2. The third-order valence-electron chi connectivity index (χ3n) is 21.4. The smallest absolute Gasteiger partial charge is 0.459 e. The number of hydrogen-bond acceptors (Lipinski definition) is 29. The summed E-state index contributed by atoms with van der Waals surface area (Å²) in [5.41, 5.74) is -5.88. The van der Waals surface area contributed by atoms with Gasteiger partial charge < -0.3 is 90.5 Å². The molecule has 15 atom stereocenters. The van der Waals surface area contributed by atoms with E-state index < -0.39 is 132 Å². The quantitative estimate of drug-likeness (QED) is 0.00971.